The smallest absolute Gasteiger partial charge is 0.181 e. The van der Waals surface area contributed by atoms with E-state index in [-0.39, 0.29) is 41.1 Å². The number of anilines is 1. The van der Waals surface area contributed by atoms with E-state index in [1.54, 1.807) is 12.1 Å². The number of fused-ring (bicyclic) bond motifs is 5. The van der Waals surface area contributed by atoms with Crippen molar-refractivity contribution in [2.45, 2.75) is 32.1 Å². The molecule has 4 nitrogen and oxygen atoms in total. The van der Waals surface area contributed by atoms with E-state index in [2.05, 4.69) is 60.9 Å². The number of rotatable bonds is 6. The third-order valence-electron chi connectivity index (χ3n) is 8.84. The quantitative estimate of drug-likeness (QED) is 0.219. The molecule has 0 spiro atoms. The van der Waals surface area contributed by atoms with Crippen LogP contribution in [0.3, 0.4) is 0 Å². The van der Waals surface area contributed by atoms with Crippen molar-refractivity contribution in [2.24, 2.45) is 5.92 Å². The lowest BCUT2D eigenvalue weighted by Gasteiger charge is -2.34. The van der Waals surface area contributed by atoms with Crippen LogP contribution in [-0.2, 0) is 11.8 Å². The molecular formula is C41H36F2N2O2. The van der Waals surface area contributed by atoms with Gasteiger partial charge in [0.15, 0.2) is 11.6 Å². The number of carbonyl (C=O) groups is 2. The third kappa shape index (κ3) is 7.07. The van der Waals surface area contributed by atoms with E-state index in [4.69, 9.17) is 0 Å². The van der Waals surface area contributed by atoms with E-state index in [0.717, 1.165) is 39.2 Å². The van der Waals surface area contributed by atoms with Gasteiger partial charge < -0.3 is 10.6 Å². The Bertz CT molecular complexity index is 2020. The summed E-state index contributed by atoms with van der Waals surface area (Å²) in [5.41, 5.74) is 6.28. The van der Waals surface area contributed by atoms with Gasteiger partial charge in [-0.2, -0.15) is 0 Å². The molecule has 0 fully saturated rings. The lowest BCUT2D eigenvalue weighted by molar-refractivity contribution is 0.0933. The SMILES string of the molecule is C1=CC=CNC=C1.CC1(C)CC(C(=O)c2ccc(F)cc2)C=c2c1ccc1c2=CCc2cc(NCC(=O)c3ccc(F)cc3)ccc2-1. The lowest BCUT2D eigenvalue weighted by Crippen LogP contribution is -2.43. The van der Waals surface area contributed by atoms with Crippen LogP contribution in [0.15, 0.2) is 116 Å². The van der Waals surface area contributed by atoms with Crippen molar-refractivity contribution < 1.29 is 18.4 Å². The zero-order chi connectivity index (χ0) is 33.0. The summed E-state index contributed by atoms with van der Waals surface area (Å²) in [6.45, 7) is 4.47. The van der Waals surface area contributed by atoms with Gasteiger partial charge in [-0.1, -0.05) is 56.4 Å². The highest BCUT2D eigenvalue weighted by Gasteiger charge is 2.34. The van der Waals surface area contributed by atoms with Gasteiger partial charge in [0.1, 0.15) is 11.6 Å². The average molecular weight is 627 g/mol. The van der Waals surface area contributed by atoms with Crippen molar-refractivity contribution in [1.82, 2.24) is 5.32 Å². The molecule has 1 atom stereocenters. The summed E-state index contributed by atoms with van der Waals surface area (Å²) in [6.07, 6.45) is 17.3. The Morgan fingerprint density at radius 2 is 1.43 bits per heavy atom. The molecule has 7 rings (SSSR count). The van der Waals surface area contributed by atoms with E-state index >= 15 is 0 Å². The first kappa shape index (κ1) is 31.6. The maximum Gasteiger partial charge on any atom is 0.181 e. The van der Waals surface area contributed by atoms with Gasteiger partial charge in [-0.05, 0) is 124 Å². The van der Waals surface area contributed by atoms with E-state index in [1.807, 2.05) is 42.8 Å². The minimum atomic E-state index is -0.367. The Morgan fingerprint density at radius 3 is 2.11 bits per heavy atom. The average Bonchev–Trinajstić information content (AvgIpc) is 3.40. The largest absolute Gasteiger partial charge is 0.378 e. The van der Waals surface area contributed by atoms with Gasteiger partial charge in [-0.3, -0.25) is 9.59 Å². The molecule has 0 saturated carbocycles. The highest BCUT2D eigenvalue weighted by molar-refractivity contribution is 6.01. The monoisotopic (exact) mass is 626 g/mol. The van der Waals surface area contributed by atoms with Gasteiger partial charge >= 0.3 is 0 Å². The molecule has 47 heavy (non-hydrogen) atoms. The van der Waals surface area contributed by atoms with Crippen molar-refractivity contribution in [3.63, 3.8) is 0 Å². The fourth-order valence-electron chi connectivity index (χ4n) is 6.45. The summed E-state index contributed by atoms with van der Waals surface area (Å²) in [5, 5.41) is 8.37. The predicted octanol–water partition coefficient (Wildman–Crippen LogP) is 7.40. The van der Waals surface area contributed by atoms with Gasteiger partial charge in [-0.25, -0.2) is 8.78 Å². The van der Waals surface area contributed by atoms with E-state index in [0.29, 0.717) is 17.5 Å². The molecule has 3 aliphatic rings. The first-order valence-electron chi connectivity index (χ1n) is 15.8. The highest BCUT2D eigenvalue weighted by Crippen LogP contribution is 2.35. The number of carbonyl (C=O) groups excluding carboxylic acids is 2. The first-order valence-corrected chi connectivity index (χ1v) is 15.8. The minimum absolute atomic E-state index is 0.0124. The van der Waals surface area contributed by atoms with E-state index in [9.17, 15) is 18.4 Å². The number of Topliss-reactive ketones (excluding diaryl/α,β-unsaturated/α-hetero) is 2. The predicted molar refractivity (Wildman–Crippen MR) is 185 cm³/mol. The number of hydrogen-bond acceptors (Lipinski definition) is 4. The van der Waals surface area contributed by atoms with Crippen LogP contribution >= 0.6 is 0 Å². The van der Waals surface area contributed by atoms with Crippen LogP contribution < -0.4 is 21.1 Å². The van der Waals surface area contributed by atoms with Crippen molar-refractivity contribution >= 4 is 29.4 Å². The summed E-state index contributed by atoms with van der Waals surface area (Å²) in [4.78, 5) is 25.9. The van der Waals surface area contributed by atoms with Crippen LogP contribution in [0.5, 0.6) is 0 Å². The topological polar surface area (TPSA) is 58.2 Å². The minimum Gasteiger partial charge on any atom is -0.378 e. The first-order chi connectivity index (χ1) is 22.7. The van der Waals surface area contributed by atoms with Crippen LogP contribution in [0, 0.1) is 17.6 Å². The van der Waals surface area contributed by atoms with Crippen LogP contribution in [0.1, 0.15) is 52.1 Å². The van der Waals surface area contributed by atoms with Gasteiger partial charge in [0.2, 0.25) is 0 Å². The molecule has 0 saturated heterocycles. The second-order valence-corrected chi connectivity index (χ2v) is 12.6. The number of halogens is 2. The molecule has 1 heterocycles. The Labute approximate surface area is 273 Å². The van der Waals surface area contributed by atoms with Crippen molar-refractivity contribution in [2.75, 3.05) is 11.9 Å². The second kappa shape index (κ2) is 13.6. The number of allylic oxidation sites excluding steroid dienone is 4. The molecule has 0 aromatic heterocycles. The van der Waals surface area contributed by atoms with Gasteiger partial charge in [0, 0.05) is 35.1 Å². The molecule has 1 unspecified atom stereocenters. The van der Waals surface area contributed by atoms with E-state index in [1.165, 1.54) is 42.0 Å². The lowest BCUT2D eigenvalue weighted by atomic mass is 9.69. The van der Waals surface area contributed by atoms with Crippen LogP contribution in [-0.4, -0.2) is 18.1 Å². The molecule has 4 aromatic rings. The Kier molecular flexibility index (Phi) is 9.12. The molecular weight excluding hydrogens is 590 g/mol. The zero-order valence-corrected chi connectivity index (χ0v) is 26.4. The molecule has 6 heteroatoms. The third-order valence-corrected chi connectivity index (χ3v) is 8.84. The number of nitrogens with one attached hydrogen (secondary N) is 2. The van der Waals surface area contributed by atoms with E-state index < -0.39 is 0 Å². The summed E-state index contributed by atoms with van der Waals surface area (Å²) in [5.74, 6) is -1.11. The molecule has 4 aromatic carbocycles. The van der Waals surface area contributed by atoms with Gasteiger partial charge in [0.05, 0.1) is 6.54 Å². The van der Waals surface area contributed by atoms with Gasteiger partial charge in [0.25, 0.3) is 0 Å². The Morgan fingerprint density at radius 1 is 0.787 bits per heavy atom. The van der Waals surface area contributed by atoms with Gasteiger partial charge in [-0.15, -0.1) is 0 Å². The normalized spacial score (nSPS) is 16.4. The summed E-state index contributed by atoms with van der Waals surface area (Å²) in [6, 6.07) is 21.8. The zero-order valence-electron chi connectivity index (χ0n) is 26.4. The van der Waals surface area contributed by atoms with Crippen LogP contribution in [0.2, 0.25) is 0 Å². The molecule has 2 aliphatic carbocycles. The summed E-state index contributed by atoms with van der Waals surface area (Å²) in [7, 11) is 0. The second-order valence-electron chi connectivity index (χ2n) is 12.6. The molecule has 236 valence electrons. The highest BCUT2D eigenvalue weighted by atomic mass is 19.1. The van der Waals surface area contributed by atoms with Crippen LogP contribution in [0.25, 0.3) is 23.3 Å². The molecule has 0 amide bonds. The maximum atomic E-state index is 13.5. The fraction of sp³-hybridized carbons (Fsp3) is 0.171. The molecule has 0 bridgehead atoms. The van der Waals surface area contributed by atoms with Crippen molar-refractivity contribution in [3.05, 3.63) is 160 Å². The number of ketones is 2. The molecule has 2 N–H and O–H groups in total. The summed E-state index contributed by atoms with van der Waals surface area (Å²) < 4.78 is 26.6. The van der Waals surface area contributed by atoms with Crippen molar-refractivity contribution in [3.8, 4) is 11.1 Å². The summed E-state index contributed by atoms with van der Waals surface area (Å²) >= 11 is 0. The number of benzene rings is 4. The van der Waals surface area contributed by atoms with Crippen molar-refractivity contribution in [1.29, 1.82) is 0 Å². The fourth-order valence-corrected chi connectivity index (χ4v) is 6.45. The molecule has 1 aliphatic heterocycles. The Balaban J connectivity index is 0.000000491. The molecule has 0 radical (unpaired) electrons. The Hall–Kier alpha value is -5.36. The maximum absolute atomic E-state index is 13.5. The van der Waals surface area contributed by atoms with Crippen LogP contribution in [0.4, 0.5) is 14.5 Å². The standard InChI is InChI=1S/C35H29F2NO2.C6H7N/c1-35(2)19-24(34(40)22-5-10-26(37)11-6-22)18-31-30-13-7-23-17-27(12-14-28(23)29(30)15-16-32(31)35)38-20-33(39)21-3-8-25(36)9-4-21;1-2-4-6-7-5-3-1/h3-6,8-18,24,38H,7,19-20H2,1-2H3;1-7H. The number of hydrogen-bond donors (Lipinski definition) is 2.